The minimum atomic E-state index is 1.18. The molecule has 136 valence electrons. The summed E-state index contributed by atoms with van der Waals surface area (Å²) in [7, 11) is 0. The summed E-state index contributed by atoms with van der Waals surface area (Å²) in [6, 6.07) is 39.2. The second-order valence-corrected chi connectivity index (χ2v) is 7.54. The van der Waals surface area contributed by atoms with Crippen LogP contribution >= 0.6 is 0 Å². The summed E-state index contributed by atoms with van der Waals surface area (Å²) >= 11 is 0. The summed E-state index contributed by atoms with van der Waals surface area (Å²) < 4.78 is 0. The third kappa shape index (κ3) is 2.63. The average molecular weight is 369 g/mol. The molecule has 0 atom stereocenters. The standard InChI is InChI=1S/C28H19N/c1-2-8-23-20(6-1)7-5-10-24(23)21-14-12-19(13-15-21)22-16-17-28-26(18-22)25-9-3-4-11-27(25)29-28/h1-18,29H. The first-order valence-corrected chi connectivity index (χ1v) is 9.96. The quantitative estimate of drug-likeness (QED) is 0.320. The van der Waals surface area contributed by atoms with Gasteiger partial charge in [0.1, 0.15) is 0 Å². The fourth-order valence-corrected chi connectivity index (χ4v) is 4.35. The molecule has 0 saturated heterocycles. The molecule has 29 heavy (non-hydrogen) atoms. The van der Waals surface area contributed by atoms with Gasteiger partial charge in [0.25, 0.3) is 0 Å². The molecule has 6 aromatic rings. The highest BCUT2D eigenvalue weighted by atomic mass is 14.7. The molecule has 1 nitrogen and oxygen atoms in total. The van der Waals surface area contributed by atoms with Gasteiger partial charge in [0.2, 0.25) is 0 Å². The van der Waals surface area contributed by atoms with E-state index >= 15 is 0 Å². The highest BCUT2D eigenvalue weighted by Gasteiger charge is 2.07. The van der Waals surface area contributed by atoms with Crippen molar-refractivity contribution in [1.82, 2.24) is 4.98 Å². The van der Waals surface area contributed by atoms with E-state index in [1.807, 2.05) is 0 Å². The Kier molecular flexibility index (Phi) is 3.54. The number of fused-ring (bicyclic) bond motifs is 4. The Morgan fingerprint density at radius 3 is 1.97 bits per heavy atom. The second kappa shape index (κ2) is 6.35. The van der Waals surface area contributed by atoms with E-state index in [-0.39, 0.29) is 0 Å². The van der Waals surface area contributed by atoms with Crippen molar-refractivity contribution in [3.8, 4) is 22.3 Å². The van der Waals surface area contributed by atoms with Crippen LogP contribution in [0.4, 0.5) is 0 Å². The Morgan fingerprint density at radius 2 is 1.07 bits per heavy atom. The van der Waals surface area contributed by atoms with E-state index in [1.165, 1.54) is 54.8 Å². The van der Waals surface area contributed by atoms with Crippen molar-refractivity contribution in [3.63, 3.8) is 0 Å². The summed E-state index contributed by atoms with van der Waals surface area (Å²) in [5.41, 5.74) is 7.38. The smallest absolute Gasteiger partial charge is 0.0465 e. The zero-order valence-electron chi connectivity index (χ0n) is 15.9. The number of benzene rings is 5. The SMILES string of the molecule is c1ccc2c(-c3ccc(-c4ccc5[nH]c6ccccc6c5c4)cc3)cccc2c1. The summed E-state index contributed by atoms with van der Waals surface area (Å²) in [4.78, 5) is 3.50. The fraction of sp³-hybridized carbons (Fsp3) is 0. The first kappa shape index (κ1) is 16.1. The lowest BCUT2D eigenvalue weighted by atomic mass is 9.96. The molecule has 5 aromatic carbocycles. The van der Waals surface area contributed by atoms with Crippen LogP contribution in [-0.4, -0.2) is 4.98 Å². The molecule has 1 heterocycles. The van der Waals surface area contributed by atoms with Crippen LogP contribution in [0.5, 0.6) is 0 Å². The summed E-state index contributed by atoms with van der Waals surface area (Å²) in [6.45, 7) is 0. The van der Waals surface area contributed by atoms with Crippen LogP contribution in [0.1, 0.15) is 0 Å². The normalized spacial score (nSPS) is 11.4. The van der Waals surface area contributed by atoms with Crippen molar-refractivity contribution < 1.29 is 0 Å². The molecule has 1 aromatic heterocycles. The molecule has 0 aliphatic heterocycles. The molecule has 1 heteroatoms. The first-order chi connectivity index (χ1) is 14.4. The molecule has 0 amide bonds. The van der Waals surface area contributed by atoms with E-state index in [4.69, 9.17) is 0 Å². The van der Waals surface area contributed by atoms with Gasteiger partial charge in [-0.05, 0) is 51.2 Å². The van der Waals surface area contributed by atoms with Gasteiger partial charge in [-0.1, -0.05) is 91.0 Å². The highest BCUT2D eigenvalue weighted by molar-refractivity contribution is 6.08. The van der Waals surface area contributed by atoms with Crippen LogP contribution < -0.4 is 0 Å². The zero-order chi connectivity index (χ0) is 19.2. The Balaban J connectivity index is 1.45. The molecule has 0 saturated carbocycles. The van der Waals surface area contributed by atoms with Gasteiger partial charge in [-0.25, -0.2) is 0 Å². The Morgan fingerprint density at radius 1 is 0.414 bits per heavy atom. The van der Waals surface area contributed by atoms with E-state index in [1.54, 1.807) is 0 Å². The van der Waals surface area contributed by atoms with Crippen molar-refractivity contribution in [3.05, 3.63) is 109 Å². The summed E-state index contributed by atoms with van der Waals surface area (Å²) in [6.07, 6.45) is 0. The Bertz CT molecular complexity index is 1480. The van der Waals surface area contributed by atoms with Gasteiger partial charge in [0, 0.05) is 21.8 Å². The summed E-state index contributed by atoms with van der Waals surface area (Å²) in [5, 5.41) is 5.12. The number of aromatic amines is 1. The van der Waals surface area contributed by atoms with Gasteiger partial charge in [-0.15, -0.1) is 0 Å². The van der Waals surface area contributed by atoms with Gasteiger partial charge < -0.3 is 4.98 Å². The summed E-state index contributed by atoms with van der Waals surface area (Å²) in [5.74, 6) is 0. The van der Waals surface area contributed by atoms with Crippen molar-refractivity contribution >= 4 is 32.6 Å². The lowest BCUT2D eigenvalue weighted by molar-refractivity contribution is 1.54. The second-order valence-electron chi connectivity index (χ2n) is 7.54. The minimum absolute atomic E-state index is 1.18. The van der Waals surface area contributed by atoms with Crippen molar-refractivity contribution in [2.75, 3.05) is 0 Å². The minimum Gasteiger partial charge on any atom is -0.355 e. The fourth-order valence-electron chi connectivity index (χ4n) is 4.35. The molecular weight excluding hydrogens is 350 g/mol. The maximum Gasteiger partial charge on any atom is 0.0465 e. The first-order valence-electron chi connectivity index (χ1n) is 9.96. The van der Waals surface area contributed by atoms with Gasteiger partial charge in [0.05, 0.1) is 0 Å². The van der Waals surface area contributed by atoms with Gasteiger partial charge >= 0.3 is 0 Å². The van der Waals surface area contributed by atoms with Crippen LogP contribution in [0.3, 0.4) is 0 Å². The molecular formula is C28H19N. The lowest BCUT2D eigenvalue weighted by Gasteiger charge is -2.08. The highest BCUT2D eigenvalue weighted by Crippen LogP contribution is 2.33. The molecule has 1 N–H and O–H groups in total. The average Bonchev–Trinajstić information content (AvgIpc) is 3.17. The number of rotatable bonds is 2. The maximum absolute atomic E-state index is 3.50. The molecule has 0 aliphatic rings. The molecule has 0 fully saturated rings. The number of hydrogen-bond acceptors (Lipinski definition) is 0. The van der Waals surface area contributed by atoms with Gasteiger partial charge in [-0.2, -0.15) is 0 Å². The molecule has 0 spiro atoms. The van der Waals surface area contributed by atoms with Gasteiger partial charge in [0.15, 0.2) is 0 Å². The van der Waals surface area contributed by atoms with Crippen LogP contribution in [-0.2, 0) is 0 Å². The maximum atomic E-state index is 3.50. The van der Waals surface area contributed by atoms with Crippen LogP contribution in [0.15, 0.2) is 109 Å². The van der Waals surface area contributed by atoms with E-state index < -0.39 is 0 Å². The molecule has 0 unspecified atom stereocenters. The van der Waals surface area contributed by atoms with Crippen LogP contribution in [0.25, 0.3) is 54.8 Å². The van der Waals surface area contributed by atoms with Crippen LogP contribution in [0, 0.1) is 0 Å². The van der Waals surface area contributed by atoms with Crippen molar-refractivity contribution in [2.45, 2.75) is 0 Å². The van der Waals surface area contributed by atoms with Gasteiger partial charge in [-0.3, -0.25) is 0 Å². The predicted octanol–water partition coefficient (Wildman–Crippen LogP) is 7.81. The van der Waals surface area contributed by atoms with Crippen LogP contribution in [0.2, 0.25) is 0 Å². The number of H-pyrrole nitrogens is 1. The molecule has 6 rings (SSSR count). The van der Waals surface area contributed by atoms with Crippen molar-refractivity contribution in [2.24, 2.45) is 0 Å². The van der Waals surface area contributed by atoms with E-state index in [2.05, 4.69) is 114 Å². The zero-order valence-corrected chi connectivity index (χ0v) is 15.9. The Labute approximate surface area is 169 Å². The third-order valence-corrected chi connectivity index (χ3v) is 5.83. The van der Waals surface area contributed by atoms with Crippen molar-refractivity contribution in [1.29, 1.82) is 0 Å². The monoisotopic (exact) mass is 369 g/mol. The number of nitrogens with one attached hydrogen (secondary N) is 1. The van der Waals surface area contributed by atoms with E-state index in [0.717, 1.165) is 0 Å². The molecule has 0 aliphatic carbocycles. The molecule has 0 bridgehead atoms. The number of hydrogen-bond donors (Lipinski definition) is 1. The van der Waals surface area contributed by atoms with E-state index in [0.29, 0.717) is 0 Å². The number of aromatic nitrogens is 1. The lowest BCUT2D eigenvalue weighted by Crippen LogP contribution is -1.83. The predicted molar refractivity (Wildman–Crippen MR) is 124 cm³/mol. The molecule has 0 radical (unpaired) electrons. The Hall–Kier alpha value is -3.84. The topological polar surface area (TPSA) is 15.8 Å². The largest absolute Gasteiger partial charge is 0.355 e. The number of para-hydroxylation sites is 1. The van der Waals surface area contributed by atoms with E-state index in [9.17, 15) is 0 Å². The third-order valence-electron chi connectivity index (χ3n) is 5.83.